The maximum absolute atomic E-state index is 4.15. The van der Waals surface area contributed by atoms with E-state index in [1.54, 1.807) is 23.1 Å². The zero-order chi connectivity index (χ0) is 11.8. The Labute approximate surface area is 110 Å². The van der Waals surface area contributed by atoms with Crippen LogP contribution in [0.3, 0.4) is 0 Å². The zero-order valence-electron chi connectivity index (χ0n) is 10.0. The second-order valence-corrected chi connectivity index (χ2v) is 6.96. The van der Waals surface area contributed by atoms with Crippen molar-refractivity contribution in [3.05, 3.63) is 0 Å². The summed E-state index contributed by atoms with van der Waals surface area (Å²) in [6, 6.07) is 0. The van der Waals surface area contributed by atoms with Crippen LogP contribution in [0.1, 0.15) is 20.3 Å². The van der Waals surface area contributed by atoms with Crippen molar-refractivity contribution in [3.8, 4) is 0 Å². The summed E-state index contributed by atoms with van der Waals surface area (Å²) in [6.45, 7) is 6.67. The summed E-state index contributed by atoms with van der Waals surface area (Å²) in [5.74, 6) is 1.79. The molecule has 1 heterocycles. The lowest BCUT2D eigenvalue weighted by atomic mass is 10.2. The smallest absolute Gasteiger partial charge is 0.175 e. The highest BCUT2D eigenvalue weighted by Crippen LogP contribution is 2.28. The third-order valence-corrected chi connectivity index (χ3v) is 5.33. The third kappa shape index (κ3) is 5.52. The van der Waals surface area contributed by atoms with Gasteiger partial charge in [-0.05, 0) is 31.7 Å². The van der Waals surface area contributed by atoms with E-state index in [-0.39, 0.29) is 0 Å². The van der Waals surface area contributed by atoms with Gasteiger partial charge in [0.05, 0.1) is 0 Å². The predicted octanol–water partition coefficient (Wildman–Crippen LogP) is 2.99. The third-order valence-electron chi connectivity index (χ3n) is 1.97. The number of aromatic nitrogens is 2. The number of hydrogen-bond acceptors (Lipinski definition) is 6. The fourth-order valence-corrected chi connectivity index (χ4v) is 3.62. The standard InChI is InChI=1S/C10H19N3S3/c1-4-5-11-6-8(2)7-15-10-13-12-9(14-3)16-10/h8,11H,4-7H2,1-3H3. The molecule has 16 heavy (non-hydrogen) atoms. The van der Waals surface area contributed by atoms with E-state index in [1.165, 1.54) is 6.42 Å². The van der Waals surface area contributed by atoms with E-state index >= 15 is 0 Å². The van der Waals surface area contributed by atoms with Crippen LogP contribution in [0.5, 0.6) is 0 Å². The Morgan fingerprint density at radius 2 is 2.12 bits per heavy atom. The van der Waals surface area contributed by atoms with Gasteiger partial charge in [0.25, 0.3) is 0 Å². The predicted molar refractivity (Wildman–Crippen MR) is 74.7 cm³/mol. The van der Waals surface area contributed by atoms with E-state index in [1.807, 2.05) is 18.0 Å². The van der Waals surface area contributed by atoms with Crippen molar-refractivity contribution < 1.29 is 0 Å². The average Bonchev–Trinajstić information content (AvgIpc) is 2.74. The SMILES string of the molecule is CCCNCC(C)CSc1nnc(SC)s1. The fourth-order valence-electron chi connectivity index (χ4n) is 1.14. The minimum Gasteiger partial charge on any atom is -0.316 e. The van der Waals surface area contributed by atoms with Crippen LogP contribution in [0.2, 0.25) is 0 Å². The lowest BCUT2D eigenvalue weighted by Crippen LogP contribution is -2.23. The van der Waals surface area contributed by atoms with Crippen LogP contribution in [0.4, 0.5) is 0 Å². The monoisotopic (exact) mass is 277 g/mol. The van der Waals surface area contributed by atoms with Crippen molar-refractivity contribution in [3.63, 3.8) is 0 Å². The van der Waals surface area contributed by atoms with Crippen LogP contribution >= 0.6 is 34.9 Å². The topological polar surface area (TPSA) is 37.8 Å². The van der Waals surface area contributed by atoms with Gasteiger partial charge in [-0.1, -0.05) is 48.7 Å². The maximum atomic E-state index is 4.15. The quantitative estimate of drug-likeness (QED) is 0.584. The van der Waals surface area contributed by atoms with Crippen molar-refractivity contribution in [1.29, 1.82) is 0 Å². The van der Waals surface area contributed by atoms with Crippen LogP contribution in [-0.4, -0.2) is 35.3 Å². The summed E-state index contributed by atoms with van der Waals surface area (Å²) in [7, 11) is 0. The van der Waals surface area contributed by atoms with Gasteiger partial charge in [-0.15, -0.1) is 10.2 Å². The Bertz CT molecular complexity index is 291. The average molecular weight is 277 g/mol. The Morgan fingerprint density at radius 1 is 1.38 bits per heavy atom. The molecule has 1 unspecified atom stereocenters. The van der Waals surface area contributed by atoms with E-state index in [0.717, 1.165) is 27.5 Å². The van der Waals surface area contributed by atoms with Gasteiger partial charge in [-0.3, -0.25) is 0 Å². The van der Waals surface area contributed by atoms with E-state index in [9.17, 15) is 0 Å². The van der Waals surface area contributed by atoms with Crippen molar-refractivity contribution in [2.24, 2.45) is 5.92 Å². The van der Waals surface area contributed by atoms with Crippen LogP contribution in [0.15, 0.2) is 8.68 Å². The molecule has 3 nitrogen and oxygen atoms in total. The van der Waals surface area contributed by atoms with Crippen LogP contribution < -0.4 is 5.32 Å². The van der Waals surface area contributed by atoms with E-state index in [4.69, 9.17) is 0 Å². The van der Waals surface area contributed by atoms with Gasteiger partial charge in [0.15, 0.2) is 8.68 Å². The number of nitrogens with zero attached hydrogens (tertiary/aromatic N) is 2. The highest BCUT2D eigenvalue weighted by atomic mass is 32.2. The Kier molecular flexibility index (Phi) is 7.44. The van der Waals surface area contributed by atoms with Gasteiger partial charge in [0.2, 0.25) is 0 Å². The molecule has 1 atom stereocenters. The molecule has 92 valence electrons. The molecule has 0 amide bonds. The summed E-state index contributed by atoms with van der Waals surface area (Å²) in [4.78, 5) is 0. The molecule has 0 spiro atoms. The molecule has 0 saturated carbocycles. The molecular weight excluding hydrogens is 258 g/mol. The number of nitrogens with one attached hydrogen (secondary N) is 1. The van der Waals surface area contributed by atoms with Gasteiger partial charge in [0, 0.05) is 5.75 Å². The Hall–Kier alpha value is 0.220. The Balaban J connectivity index is 2.18. The minimum absolute atomic E-state index is 0.679. The summed E-state index contributed by atoms with van der Waals surface area (Å²) in [6.07, 6.45) is 3.24. The molecule has 0 aromatic carbocycles. The molecule has 0 fully saturated rings. The second kappa shape index (κ2) is 8.33. The lowest BCUT2D eigenvalue weighted by Gasteiger charge is -2.10. The van der Waals surface area contributed by atoms with Gasteiger partial charge in [-0.25, -0.2) is 0 Å². The minimum atomic E-state index is 0.679. The van der Waals surface area contributed by atoms with Crippen molar-refractivity contribution in [2.75, 3.05) is 25.1 Å². The molecule has 6 heteroatoms. The molecule has 1 aromatic heterocycles. The van der Waals surface area contributed by atoms with Crippen molar-refractivity contribution >= 4 is 34.9 Å². The first-order valence-corrected chi connectivity index (χ1v) is 8.50. The van der Waals surface area contributed by atoms with Crippen molar-refractivity contribution in [2.45, 2.75) is 28.9 Å². The fraction of sp³-hybridized carbons (Fsp3) is 0.800. The molecule has 0 saturated heterocycles. The van der Waals surface area contributed by atoms with E-state index in [0.29, 0.717) is 5.92 Å². The van der Waals surface area contributed by atoms with Gasteiger partial charge < -0.3 is 5.32 Å². The van der Waals surface area contributed by atoms with E-state index < -0.39 is 0 Å². The molecule has 0 bridgehead atoms. The number of hydrogen-bond donors (Lipinski definition) is 1. The van der Waals surface area contributed by atoms with E-state index in [2.05, 4.69) is 29.4 Å². The molecule has 0 aliphatic carbocycles. The first-order chi connectivity index (χ1) is 7.76. The number of thioether (sulfide) groups is 2. The summed E-state index contributed by atoms with van der Waals surface area (Å²) >= 11 is 5.16. The van der Waals surface area contributed by atoms with Gasteiger partial charge in [-0.2, -0.15) is 0 Å². The first-order valence-electron chi connectivity index (χ1n) is 5.47. The highest BCUT2D eigenvalue weighted by Gasteiger charge is 2.07. The summed E-state index contributed by atoms with van der Waals surface area (Å²) in [5.41, 5.74) is 0. The van der Waals surface area contributed by atoms with Gasteiger partial charge in [0.1, 0.15) is 0 Å². The largest absolute Gasteiger partial charge is 0.316 e. The first kappa shape index (κ1) is 14.3. The summed E-state index contributed by atoms with van der Waals surface area (Å²) in [5, 5.41) is 11.7. The normalized spacial score (nSPS) is 12.9. The molecule has 0 aliphatic heterocycles. The molecule has 0 radical (unpaired) electrons. The van der Waals surface area contributed by atoms with Gasteiger partial charge >= 0.3 is 0 Å². The zero-order valence-corrected chi connectivity index (χ0v) is 12.5. The molecule has 1 N–H and O–H groups in total. The lowest BCUT2D eigenvalue weighted by molar-refractivity contribution is 0.557. The molecular formula is C10H19N3S3. The van der Waals surface area contributed by atoms with Crippen molar-refractivity contribution in [1.82, 2.24) is 15.5 Å². The second-order valence-electron chi connectivity index (χ2n) is 3.66. The highest BCUT2D eigenvalue weighted by molar-refractivity contribution is 8.02. The van der Waals surface area contributed by atoms with Crippen LogP contribution in [0, 0.1) is 5.92 Å². The summed E-state index contributed by atoms with van der Waals surface area (Å²) < 4.78 is 2.14. The Morgan fingerprint density at radius 3 is 2.75 bits per heavy atom. The molecule has 1 rings (SSSR count). The molecule has 0 aliphatic rings. The molecule has 1 aromatic rings. The maximum Gasteiger partial charge on any atom is 0.175 e. The van der Waals surface area contributed by atoms with Crippen LogP contribution in [-0.2, 0) is 0 Å². The van der Waals surface area contributed by atoms with Crippen LogP contribution in [0.25, 0.3) is 0 Å². The number of rotatable bonds is 8.